The molecule has 7 aliphatic carbocycles. The van der Waals surface area contributed by atoms with E-state index in [0.717, 1.165) is 108 Å². The highest BCUT2D eigenvalue weighted by Gasteiger charge is 2.74. The number of rotatable bonds is 5. The lowest BCUT2D eigenvalue weighted by atomic mass is 9.32. The van der Waals surface area contributed by atoms with Gasteiger partial charge in [0.15, 0.2) is 5.78 Å². The molecule has 3 spiro atoms. The Morgan fingerprint density at radius 3 is 2.33 bits per heavy atom. The van der Waals surface area contributed by atoms with Crippen LogP contribution in [0.1, 0.15) is 104 Å². The summed E-state index contributed by atoms with van der Waals surface area (Å²) in [6, 6.07) is 10.3. The fourth-order valence-corrected chi connectivity index (χ4v) is 13.7. The standard InChI is InChI=1S/C42H57N3O4/c1-37-16-13-31(46)25-39(37)19-20-42(32(26-39)35(47)29-9-5-3-6-10-29)33(37)14-17-38(2)34(42)15-18-41(38,49)27-44-23-21-40(22-24-44)36(48)43-28-45(40)30-11-7-4-8-12-30/h4,7-8,11-12,19-20,26,29,31,33-34,46,49H,3,5-6,9-10,13-18,21-25,27-28H2,1-2H3,(H,43,48). The molecule has 1 aromatic rings. The third-order valence-electron chi connectivity index (χ3n) is 16.5. The number of Topliss-reactive ketones (excluding diaryl/α,β-unsaturated/α-hetero) is 1. The molecule has 2 bridgehead atoms. The maximum absolute atomic E-state index is 14.8. The molecule has 0 aromatic heterocycles. The van der Waals surface area contributed by atoms with Crippen LogP contribution >= 0.6 is 0 Å². The number of carbonyl (C=O) groups excluding carboxylic acids is 2. The zero-order valence-electron chi connectivity index (χ0n) is 29.8. The largest absolute Gasteiger partial charge is 0.393 e. The van der Waals surface area contributed by atoms with Crippen LogP contribution in [0.25, 0.3) is 0 Å². The molecule has 0 radical (unpaired) electrons. The number of nitrogens with zero attached hydrogens (tertiary/aromatic N) is 2. The van der Waals surface area contributed by atoms with Crippen molar-refractivity contribution in [2.75, 3.05) is 31.2 Å². The maximum Gasteiger partial charge on any atom is 0.247 e. The van der Waals surface area contributed by atoms with Crippen molar-refractivity contribution in [3.8, 4) is 0 Å². The van der Waals surface area contributed by atoms with Gasteiger partial charge in [-0.3, -0.25) is 9.59 Å². The number of nitrogens with one attached hydrogen (secondary N) is 1. The number of para-hydroxylation sites is 1. The Bertz CT molecular complexity index is 1580. The van der Waals surface area contributed by atoms with Crippen molar-refractivity contribution in [1.82, 2.24) is 10.2 Å². The summed E-state index contributed by atoms with van der Waals surface area (Å²) in [7, 11) is 0. The third kappa shape index (κ3) is 4.24. The number of aliphatic hydroxyl groups is 2. The van der Waals surface area contributed by atoms with Crippen molar-refractivity contribution in [2.45, 2.75) is 121 Å². The minimum atomic E-state index is -0.860. The van der Waals surface area contributed by atoms with Gasteiger partial charge in [-0.2, -0.15) is 0 Å². The molecule has 2 aliphatic heterocycles. The molecule has 9 aliphatic rings. The Kier molecular flexibility index (Phi) is 7.29. The number of piperidine rings is 1. The first-order valence-electron chi connectivity index (χ1n) is 19.7. The van der Waals surface area contributed by atoms with Gasteiger partial charge < -0.3 is 25.3 Å². The van der Waals surface area contributed by atoms with Crippen molar-refractivity contribution < 1.29 is 19.8 Å². The first-order valence-corrected chi connectivity index (χ1v) is 19.7. The summed E-state index contributed by atoms with van der Waals surface area (Å²) >= 11 is 0. The van der Waals surface area contributed by atoms with E-state index in [1.165, 1.54) is 6.42 Å². The summed E-state index contributed by atoms with van der Waals surface area (Å²) in [5.41, 5.74) is -0.181. The Labute approximate surface area is 292 Å². The number of fused-ring (bicyclic) bond motifs is 1. The van der Waals surface area contributed by atoms with E-state index >= 15 is 0 Å². The quantitative estimate of drug-likeness (QED) is 0.326. The van der Waals surface area contributed by atoms with Crippen LogP contribution in [-0.4, -0.2) is 70.4 Å². The first kappa shape index (κ1) is 32.4. The minimum absolute atomic E-state index is 0.00698. The molecule has 10 rings (SSSR count). The van der Waals surface area contributed by atoms with Gasteiger partial charge in [-0.15, -0.1) is 0 Å². The molecule has 1 amide bonds. The lowest BCUT2D eigenvalue weighted by molar-refractivity contribution is -0.180. The summed E-state index contributed by atoms with van der Waals surface area (Å²) in [5.74, 6) is 1.17. The zero-order valence-corrected chi connectivity index (χ0v) is 29.8. The molecule has 4 saturated carbocycles. The van der Waals surface area contributed by atoms with Crippen LogP contribution in [0, 0.1) is 39.4 Å². The highest BCUT2D eigenvalue weighted by atomic mass is 16.3. The molecule has 49 heavy (non-hydrogen) atoms. The van der Waals surface area contributed by atoms with Crippen molar-refractivity contribution >= 4 is 17.4 Å². The number of likely N-dealkylation sites (tertiary alicyclic amines) is 1. The number of β-amino-alcohol motifs (C(OH)–C–C–N with tert-alkyl or cyclic N) is 1. The lowest BCUT2D eigenvalue weighted by Gasteiger charge is -2.71. The number of carbonyl (C=O) groups is 2. The van der Waals surface area contributed by atoms with Gasteiger partial charge in [0.05, 0.1) is 18.4 Å². The van der Waals surface area contributed by atoms with Crippen LogP contribution in [0.5, 0.6) is 0 Å². The van der Waals surface area contributed by atoms with E-state index in [4.69, 9.17) is 0 Å². The summed E-state index contributed by atoms with van der Waals surface area (Å²) in [4.78, 5) is 32.9. The Morgan fingerprint density at radius 1 is 0.878 bits per heavy atom. The van der Waals surface area contributed by atoms with Gasteiger partial charge in [0.25, 0.3) is 0 Å². The maximum atomic E-state index is 14.8. The fourth-order valence-electron chi connectivity index (χ4n) is 13.7. The van der Waals surface area contributed by atoms with E-state index in [2.05, 4.69) is 59.3 Å². The predicted molar refractivity (Wildman–Crippen MR) is 190 cm³/mol. The molecule has 6 fully saturated rings. The average molecular weight is 668 g/mol. The van der Waals surface area contributed by atoms with Gasteiger partial charge >= 0.3 is 0 Å². The van der Waals surface area contributed by atoms with Gasteiger partial charge in [0, 0.05) is 53.1 Å². The highest BCUT2D eigenvalue weighted by molar-refractivity contribution is 6.00. The lowest BCUT2D eigenvalue weighted by Crippen LogP contribution is -2.68. The minimum Gasteiger partial charge on any atom is -0.393 e. The third-order valence-corrected chi connectivity index (χ3v) is 16.5. The monoisotopic (exact) mass is 667 g/mol. The topological polar surface area (TPSA) is 93.1 Å². The van der Waals surface area contributed by atoms with Gasteiger partial charge in [0.2, 0.25) is 5.91 Å². The van der Waals surface area contributed by atoms with E-state index < -0.39 is 11.1 Å². The number of anilines is 1. The van der Waals surface area contributed by atoms with E-state index in [-0.39, 0.29) is 45.5 Å². The number of hydrogen-bond acceptors (Lipinski definition) is 6. The molecule has 264 valence electrons. The van der Waals surface area contributed by atoms with Gasteiger partial charge in [-0.1, -0.05) is 69.5 Å². The number of amides is 1. The molecule has 1 aromatic carbocycles. The Hall–Kier alpha value is -2.48. The normalized spacial score (nSPS) is 44.3. The van der Waals surface area contributed by atoms with E-state index in [0.29, 0.717) is 24.9 Å². The Morgan fingerprint density at radius 2 is 1.57 bits per heavy atom. The second-order valence-corrected chi connectivity index (χ2v) is 18.2. The molecular weight excluding hydrogens is 610 g/mol. The van der Waals surface area contributed by atoms with Crippen LogP contribution < -0.4 is 10.2 Å². The summed E-state index contributed by atoms with van der Waals surface area (Å²) in [6.45, 7) is 7.56. The van der Waals surface area contributed by atoms with Crippen LogP contribution in [-0.2, 0) is 9.59 Å². The van der Waals surface area contributed by atoms with Crippen molar-refractivity contribution in [3.63, 3.8) is 0 Å². The summed E-state index contributed by atoms with van der Waals surface area (Å²) in [5, 5.41) is 27.1. The van der Waals surface area contributed by atoms with Crippen LogP contribution in [0.4, 0.5) is 5.69 Å². The van der Waals surface area contributed by atoms with E-state index in [1.807, 2.05) is 18.2 Å². The molecule has 8 atom stereocenters. The molecule has 7 heteroatoms. The van der Waals surface area contributed by atoms with Crippen molar-refractivity contribution in [3.05, 3.63) is 54.1 Å². The van der Waals surface area contributed by atoms with Gasteiger partial charge in [0.1, 0.15) is 5.54 Å². The molecular formula is C42H57N3O4. The molecule has 2 heterocycles. The number of ketones is 1. The Balaban J connectivity index is 1.02. The molecule has 7 nitrogen and oxygen atoms in total. The van der Waals surface area contributed by atoms with Gasteiger partial charge in [-0.25, -0.2) is 0 Å². The van der Waals surface area contributed by atoms with Crippen LogP contribution in [0.3, 0.4) is 0 Å². The van der Waals surface area contributed by atoms with E-state index in [9.17, 15) is 19.8 Å². The smallest absolute Gasteiger partial charge is 0.247 e. The summed E-state index contributed by atoms with van der Waals surface area (Å²) < 4.78 is 0. The predicted octanol–water partition coefficient (Wildman–Crippen LogP) is 6.16. The van der Waals surface area contributed by atoms with Crippen molar-refractivity contribution in [1.29, 1.82) is 0 Å². The van der Waals surface area contributed by atoms with Crippen molar-refractivity contribution in [2.24, 2.45) is 39.4 Å². The number of allylic oxidation sites excluding steroid dienone is 4. The highest BCUT2D eigenvalue weighted by Crippen LogP contribution is 2.78. The fraction of sp³-hybridized carbons (Fsp3) is 0.714. The second-order valence-electron chi connectivity index (χ2n) is 18.2. The zero-order chi connectivity index (χ0) is 33.9. The number of hydrogen-bond donors (Lipinski definition) is 3. The SMILES string of the molecule is CC12CCC(O)CC13C=CC1(C(C(=O)C4CCCCC4)=C3)C2CCC2(C)C1CCC2(O)CN1CCC2(CC1)C(=O)NCN2c1ccccc1. The van der Waals surface area contributed by atoms with Crippen LogP contribution in [0.15, 0.2) is 54.1 Å². The van der Waals surface area contributed by atoms with Crippen LogP contribution in [0.2, 0.25) is 0 Å². The molecule has 3 N–H and O–H groups in total. The second kappa shape index (κ2) is 11.0. The molecule has 8 unspecified atom stereocenters. The number of benzene rings is 1. The number of aliphatic hydroxyl groups excluding tert-OH is 1. The van der Waals surface area contributed by atoms with E-state index in [1.54, 1.807) is 0 Å². The summed E-state index contributed by atoms with van der Waals surface area (Å²) in [6.07, 6.45) is 20.2. The average Bonchev–Trinajstić information content (AvgIpc) is 3.57. The molecule has 2 saturated heterocycles. The first-order chi connectivity index (χ1) is 23.5. The van der Waals surface area contributed by atoms with Gasteiger partial charge in [-0.05, 0) is 100 Å².